The highest BCUT2D eigenvalue weighted by atomic mass is 35.5. The number of nitrogens with zero attached hydrogens (tertiary/aromatic N) is 7. The van der Waals surface area contributed by atoms with E-state index in [1.165, 1.54) is 0 Å². The Hall–Kier alpha value is -2.91. The van der Waals surface area contributed by atoms with Crippen molar-refractivity contribution >= 4 is 23.3 Å². The van der Waals surface area contributed by atoms with Gasteiger partial charge in [0.25, 0.3) is 5.89 Å². The zero-order valence-corrected chi connectivity index (χ0v) is 16.7. The Balaban J connectivity index is 1.45. The van der Waals surface area contributed by atoms with E-state index in [1.807, 2.05) is 35.0 Å². The van der Waals surface area contributed by atoms with E-state index in [0.29, 0.717) is 30.0 Å². The first-order valence-electron chi connectivity index (χ1n) is 9.49. The highest BCUT2D eigenvalue weighted by Crippen LogP contribution is 2.44. The first-order chi connectivity index (χ1) is 14.0. The number of benzene rings is 1. The Kier molecular flexibility index (Phi) is 3.40. The molecule has 0 aliphatic carbocycles. The molecule has 0 saturated carbocycles. The van der Waals surface area contributed by atoms with Gasteiger partial charge in [0, 0.05) is 17.3 Å². The van der Waals surface area contributed by atoms with Crippen molar-refractivity contribution in [3.63, 3.8) is 0 Å². The van der Waals surface area contributed by atoms with E-state index < -0.39 is 0 Å². The van der Waals surface area contributed by atoms with Crippen LogP contribution < -0.4 is 4.90 Å². The predicted molar refractivity (Wildman–Crippen MR) is 105 cm³/mol. The summed E-state index contributed by atoms with van der Waals surface area (Å²) in [6.45, 7) is 4.66. The Labute approximate surface area is 171 Å². The fourth-order valence-electron chi connectivity index (χ4n) is 4.15. The summed E-state index contributed by atoms with van der Waals surface area (Å²) in [5.74, 6) is 2.87. The molecule has 2 aromatic heterocycles. The molecule has 0 N–H and O–H groups in total. The summed E-state index contributed by atoms with van der Waals surface area (Å²) in [4.78, 5) is 6.68. The van der Waals surface area contributed by atoms with Gasteiger partial charge in [-0.25, -0.2) is 0 Å². The molecule has 0 amide bonds. The molecule has 1 saturated heterocycles. The third-order valence-corrected chi connectivity index (χ3v) is 5.73. The van der Waals surface area contributed by atoms with Crippen LogP contribution in [-0.4, -0.2) is 41.6 Å². The second-order valence-corrected chi connectivity index (χ2v) is 8.45. The molecule has 3 aliphatic rings. The van der Waals surface area contributed by atoms with Gasteiger partial charge in [-0.05, 0) is 38.8 Å². The van der Waals surface area contributed by atoms with E-state index in [9.17, 15) is 0 Å². The Morgan fingerprint density at radius 1 is 1.17 bits per heavy atom. The molecule has 9 nitrogen and oxygen atoms in total. The molecule has 0 bridgehead atoms. The van der Waals surface area contributed by atoms with Crippen LogP contribution in [0.5, 0.6) is 0 Å². The summed E-state index contributed by atoms with van der Waals surface area (Å²) in [5, 5.41) is 12.9. The van der Waals surface area contributed by atoms with E-state index in [2.05, 4.69) is 39.1 Å². The molecule has 1 atom stereocenters. The Morgan fingerprint density at radius 2 is 2.00 bits per heavy atom. The van der Waals surface area contributed by atoms with Crippen LogP contribution in [0.25, 0.3) is 28.9 Å². The quantitative estimate of drug-likeness (QED) is 0.591. The number of rotatable bonds is 2. The van der Waals surface area contributed by atoms with Crippen LogP contribution in [0.1, 0.15) is 38.6 Å². The topological polar surface area (TPSA) is 85.3 Å². The van der Waals surface area contributed by atoms with E-state index in [0.717, 1.165) is 29.9 Å². The van der Waals surface area contributed by atoms with Crippen LogP contribution in [0.2, 0.25) is 0 Å². The fourth-order valence-corrected chi connectivity index (χ4v) is 4.35. The van der Waals surface area contributed by atoms with Crippen LogP contribution in [0.4, 0.5) is 5.69 Å². The largest absolute Gasteiger partial charge is 0.364 e. The van der Waals surface area contributed by atoms with Gasteiger partial charge in [0.05, 0.1) is 17.5 Å². The van der Waals surface area contributed by atoms with Crippen LogP contribution in [0, 0.1) is 0 Å². The monoisotopic (exact) mass is 411 g/mol. The van der Waals surface area contributed by atoms with Crippen LogP contribution >= 0.6 is 11.8 Å². The molecule has 29 heavy (non-hydrogen) atoms. The molecule has 3 aliphatic heterocycles. The number of hydrogen-bond donors (Lipinski definition) is 0. The maximum absolute atomic E-state index is 6.30. The molecule has 10 heteroatoms. The summed E-state index contributed by atoms with van der Waals surface area (Å²) in [5.41, 5.74) is 1.82. The molecule has 1 unspecified atom stereocenters. The van der Waals surface area contributed by atoms with Gasteiger partial charge in [-0.15, -0.1) is 10.2 Å². The number of aromatic nitrogens is 5. The van der Waals surface area contributed by atoms with E-state index in [1.54, 1.807) is 4.42 Å². The SMILES string of the molecule is CC1(C)CCC(c2noc(-c3nnc4n3C3=CN(Cl)CN3c3ccccc3-4)n2)O1. The lowest BCUT2D eigenvalue weighted by Crippen LogP contribution is -2.28. The van der Waals surface area contributed by atoms with Gasteiger partial charge < -0.3 is 14.2 Å². The second-order valence-electron chi connectivity index (χ2n) is 8.02. The van der Waals surface area contributed by atoms with Crippen molar-refractivity contribution in [3.05, 3.63) is 36.3 Å². The zero-order valence-electron chi connectivity index (χ0n) is 15.9. The summed E-state index contributed by atoms with van der Waals surface area (Å²) >= 11 is 6.30. The van der Waals surface area contributed by atoms with Crippen molar-refractivity contribution in [1.29, 1.82) is 0 Å². The van der Waals surface area contributed by atoms with Crippen molar-refractivity contribution in [1.82, 2.24) is 29.3 Å². The van der Waals surface area contributed by atoms with E-state index >= 15 is 0 Å². The highest BCUT2D eigenvalue weighted by Gasteiger charge is 2.38. The van der Waals surface area contributed by atoms with Crippen molar-refractivity contribution < 1.29 is 9.26 Å². The maximum Gasteiger partial charge on any atom is 0.296 e. The van der Waals surface area contributed by atoms with Gasteiger partial charge >= 0.3 is 0 Å². The average Bonchev–Trinajstić information content (AvgIpc) is 3.45. The summed E-state index contributed by atoms with van der Waals surface area (Å²) in [6, 6.07) is 8.03. The second kappa shape index (κ2) is 5.80. The predicted octanol–water partition coefficient (Wildman–Crippen LogP) is 3.63. The minimum atomic E-state index is -0.178. The van der Waals surface area contributed by atoms with Crippen molar-refractivity contribution in [3.8, 4) is 23.1 Å². The first kappa shape index (κ1) is 17.0. The van der Waals surface area contributed by atoms with Crippen LogP contribution in [0.15, 0.2) is 35.0 Å². The molecule has 3 aromatic rings. The number of hydrogen-bond acceptors (Lipinski definition) is 8. The number of anilines is 1. The average molecular weight is 412 g/mol. The summed E-state index contributed by atoms with van der Waals surface area (Å²) < 4.78 is 15.1. The highest BCUT2D eigenvalue weighted by molar-refractivity contribution is 6.15. The number of halogens is 1. The molecule has 5 heterocycles. The van der Waals surface area contributed by atoms with E-state index in [-0.39, 0.29) is 11.7 Å². The maximum atomic E-state index is 6.30. The van der Waals surface area contributed by atoms with Crippen molar-refractivity contribution in [2.45, 2.75) is 38.4 Å². The Bertz CT molecular complexity index is 1150. The molecule has 1 aromatic carbocycles. The molecular formula is C19H18ClN7O2. The number of para-hydroxylation sites is 1. The normalized spacial score (nSPS) is 21.8. The van der Waals surface area contributed by atoms with Crippen molar-refractivity contribution in [2.75, 3.05) is 11.6 Å². The van der Waals surface area contributed by atoms with Gasteiger partial charge in [0.2, 0.25) is 11.6 Å². The van der Waals surface area contributed by atoms with Crippen molar-refractivity contribution in [2.24, 2.45) is 0 Å². The lowest BCUT2D eigenvalue weighted by molar-refractivity contribution is -0.0207. The molecule has 148 valence electrons. The number of ether oxygens (including phenoxy) is 1. The van der Waals surface area contributed by atoms with Gasteiger partial charge in [-0.3, -0.25) is 8.99 Å². The first-order valence-corrected chi connectivity index (χ1v) is 9.83. The van der Waals surface area contributed by atoms with E-state index in [4.69, 9.17) is 21.0 Å². The minimum absolute atomic E-state index is 0.174. The molecule has 0 spiro atoms. The smallest absolute Gasteiger partial charge is 0.296 e. The van der Waals surface area contributed by atoms with Gasteiger partial charge in [0.15, 0.2) is 5.82 Å². The lowest BCUT2D eigenvalue weighted by atomic mass is 10.1. The summed E-state index contributed by atoms with van der Waals surface area (Å²) in [7, 11) is 0. The third kappa shape index (κ3) is 2.50. The number of fused-ring (bicyclic) bond motifs is 6. The summed E-state index contributed by atoms with van der Waals surface area (Å²) in [6.07, 6.45) is 3.48. The van der Waals surface area contributed by atoms with Gasteiger partial charge in [-0.2, -0.15) is 4.98 Å². The van der Waals surface area contributed by atoms with Gasteiger partial charge in [0.1, 0.15) is 18.6 Å². The Morgan fingerprint density at radius 3 is 2.83 bits per heavy atom. The third-order valence-electron chi connectivity index (χ3n) is 5.53. The molecule has 1 fully saturated rings. The molecular weight excluding hydrogens is 394 g/mol. The van der Waals surface area contributed by atoms with Crippen LogP contribution in [-0.2, 0) is 4.74 Å². The molecule has 6 rings (SSSR count). The lowest BCUT2D eigenvalue weighted by Gasteiger charge is -2.29. The minimum Gasteiger partial charge on any atom is -0.364 e. The molecule has 0 radical (unpaired) electrons. The van der Waals surface area contributed by atoms with Gasteiger partial charge in [-0.1, -0.05) is 17.3 Å². The fraction of sp³-hybridized carbons (Fsp3) is 0.368. The standard InChI is InChI=1S/C19H18ClN7O2/c1-19(2)8-7-13(28-19)15-21-18(29-24-15)17-23-22-16-11-5-3-4-6-12(11)26-10-25(20)9-14(26)27(16)17/h3-6,9,13H,7-8,10H2,1-2H3. The van der Waals surface area contributed by atoms with Crippen LogP contribution in [0.3, 0.4) is 0 Å². The zero-order chi connectivity index (χ0) is 19.8.